The minimum atomic E-state index is -4.48. The first-order chi connectivity index (χ1) is 16.7. The highest BCUT2D eigenvalue weighted by Crippen LogP contribution is 2.35. The van der Waals surface area contributed by atoms with Crippen LogP contribution in [-0.2, 0) is 6.18 Å². The number of halogens is 4. The number of piperidine rings is 1. The minimum Gasteiger partial charge on any atom is -0.354 e. The number of amides is 1. The number of pyridine rings is 1. The Morgan fingerprint density at radius 3 is 2.34 bits per heavy atom. The van der Waals surface area contributed by atoms with E-state index in [0.717, 1.165) is 25.1 Å². The van der Waals surface area contributed by atoms with E-state index in [4.69, 9.17) is 0 Å². The Hall–Kier alpha value is -3.64. The van der Waals surface area contributed by atoms with Crippen LogP contribution in [0.15, 0.2) is 37.1 Å². The van der Waals surface area contributed by atoms with E-state index in [-0.39, 0.29) is 35.8 Å². The molecule has 0 radical (unpaired) electrons. The summed E-state index contributed by atoms with van der Waals surface area (Å²) in [6.07, 6.45) is 0.943. The molecule has 184 valence electrons. The van der Waals surface area contributed by atoms with Gasteiger partial charge in [0.15, 0.2) is 0 Å². The van der Waals surface area contributed by atoms with Crippen LogP contribution in [0.5, 0.6) is 0 Å². The SMILES string of the molecule is Cc1ncnn1-c1ncc(C(=O)N(C2CC2)[C@@H]2CCN(c3ccc(C(F)(F)F)cn3)C[C@@H]2F)cn1. The average molecular weight is 490 g/mol. The molecule has 5 rings (SSSR count). The molecule has 0 unspecified atom stereocenters. The van der Waals surface area contributed by atoms with Crippen molar-refractivity contribution in [1.82, 2.24) is 34.6 Å². The molecule has 3 aromatic rings. The molecule has 1 saturated carbocycles. The summed E-state index contributed by atoms with van der Waals surface area (Å²) < 4.78 is 55.2. The van der Waals surface area contributed by atoms with Gasteiger partial charge in [0.05, 0.1) is 23.7 Å². The van der Waals surface area contributed by atoms with Crippen molar-refractivity contribution in [2.24, 2.45) is 0 Å². The first-order valence-electron chi connectivity index (χ1n) is 11.2. The van der Waals surface area contributed by atoms with Crippen molar-refractivity contribution in [2.45, 2.75) is 50.6 Å². The van der Waals surface area contributed by atoms with Crippen molar-refractivity contribution in [2.75, 3.05) is 18.0 Å². The number of carbonyl (C=O) groups excluding carboxylic acids is 1. The Morgan fingerprint density at radius 2 is 1.80 bits per heavy atom. The lowest BCUT2D eigenvalue weighted by molar-refractivity contribution is -0.137. The van der Waals surface area contributed by atoms with Crippen molar-refractivity contribution in [3.8, 4) is 5.95 Å². The van der Waals surface area contributed by atoms with Gasteiger partial charge in [0.2, 0.25) is 0 Å². The molecule has 13 heteroatoms. The second-order valence-electron chi connectivity index (χ2n) is 8.66. The Kier molecular flexibility index (Phi) is 5.85. The molecule has 1 aliphatic heterocycles. The molecule has 2 aliphatic rings. The highest BCUT2D eigenvalue weighted by molar-refractivity contribution is 5.94. The van der Waals surface area contributed by atoms with E-state index in [9.17, 15) is 18.0 Å². The third-order valence-electron chi connectivity index (χ3n) is 6.23. The van der Waals surface area contributed by atoms with Crippen LogP contribution in [0.4, 0.5) is 23.4 Å². The molecular formula is C22H22F4N8O. The highest BCUT2D eigenvalue weighted by Gasteiger charge is 2.43. The summed E-state index contributed by atoms with van der Waals surface area (Å²) in [7, 11) is 0. The molecule has 1 amide bonds. The Morgan fingerprint density at radius 1 is 1.06 bits per heavy atom. The van der Waals surface area contributed by atoms with Crippen LogP contribution in [0.25, 0.3) is 5.95 Å². The summed E-state index contributed by atoms with van der Waals surface area (Å²) in [5, 5.41) is 4.04. The van der Waals surface area contributed by atoms with Gasteiger partial charge in [-0.3, -0.25) is 4.79 Å². The summed E-state index contributed by atoms with van der Waals surface area (Å²) >= 11 is 0. The van der Waals surface area contributed by atoms with E-state index in [0.29, 0.717) is 18.8 Å². The second kappa shape index (κ2) is 8.86. The summed E-state index contributed by atoms with van der Waals surface area (Å²) in [6.45, 7) is 2.04. The fraction of sp³-hybridized carbons (Fsp3) is 0.455. The number of carbonyl (C=O) groups is 1. The third kappa shape index (κ3) is 4.66. The van der Waals surface area contributed by atoms with Crippen LogP contribution in [0.3, 0.4) is 0 Å². The normalized spacial score (nSPS) is 20.7. The zero-order chi connectivity index (χ0) is 24.7. The maximum Gasteiger partial charge on any atom is 0.417 e. The van der Waals surface area contributed by atoms with Crippen LogP contribution >= 0.6 is 0 Å². The van der Waals surface area contributed by atoms with Crippen molar-refractivity contribution in [3.05, 3.63) is 54.0 Å². The number of aromatic nitrogens is 6. The fourth-order valence-corrected chi connectivity index (χ4v) is 4.28. The highest BCUT2D eigenvalue weighted by atomic mass is 19.4. The Labute approximate surface area is 197 Å². The van der Waals surface area contributed by atoms with Crippen molar-refractivity contribution in [3.63, 3.8) is 0 Å². The van der Waals surface area contributed by atoms with E-state index in [2.05, 4.69) is 25.0 Å². The van der Waals surface area contributed by atoms with Crippen molar-refractivity contribution >= 4 is 11.7 Å². The van der Waals surface area contributed by atoms with Gasteiger partial charge in [-0.25, -0.2) is 24.3 Å². The van der Waals surface area contributed by atoms with Crippen LogP contribution in [0, 0.1) is 6.92 Å². The molecule has 1 saturated heterocycles. The summed E-state index contributed by atoms with van der Waals surface area (Å²) in [6, 6.07) is 1.47. The van der Waals surface area contributed by atoms with E-state index in [1.165, 1.54) is 29.5 Å². The smallest absolute Gasteiger partial charge is 0.354 e. The Balaban J connectivity index is 1.29. The molecule has 0 bridgehead atoms. The molecule has 0 aromatic carbocycles. The quantitative estimate of drug-likeness (QED) is 0.508. The predicted molar refractivity (Wildman–Crippen MR) is 116 cm³/mol. The lowest BCUT2D eigenvalue weighted by Gasteiger charge is -2.41. The number of nitrogens with zero attached hydrogens (tertiary/aromatic N) is 8. The van der Waals surface area contributed by atoms with Gasteiger partial charge < -0.3 is 9.80 Å². The number of rotatable bonds is 5. The number of alkyl halides is 4. The van der Waals surface area contributed by atoms with Gasteiger partial charge in [-0.15, -0.1) is 0 Å². The summed E-state index contributed by atoms with van der Waals surface area (Å²) in [5.41, 5.74) is -0.608. The molecule has 0 spiro atoms. The Bertz CT molecular complexity index is 1190. The van der Waals surface area contributed by atoms with Crippen LogP contribution in [0.1, 0.15) is 41.0 Å². The largest absolute Gasteiger partial charge is 0.417 e. The van der Waals surface area contributed by atoms with Crippen molar-refractivity contribution < 1.29 is 22.4 Å². The maximum atomic E-state index is 15.4. The van der Waals surface area contributed by atoms with Gasteiger partial charge in [0, 0.05) is 31.2 Å². The summed E-state index contributed by atoms with van der Waals surface area (Å²) in [5.74, 6) is 0.799. The fourth-order valence-electron chi connectivity index (χ4n) is 4.28. The molecule has 3 aromatic heterocycles. The van der Waals surface area contributed by atoms with E-state index < -0.39 is 24.0 Å². The van der Waals surface area contributed by atoms with Gasteiger partial charge in [-0.05, 0) is 38.3 Å². The number of hydrogen-bond donors (Lipinski definition) is 0. The molecule has 2 atom stereocenters. The standard InChI is InChI=1S/C22H22F4N8O/c1-13-30-12-31-34(13)21-28-8-14(9-29-21)20(35)33(16-3-4-16)18-6-7-32(11-17(18)23)19-5-2-15(10-27-19)22(24,25)26/h2,5,8-10,12,16-18H,3-4,6-7,11H2,1H3/t17-,18+/m0/s1. The average Bonchev–Trinajstić information content (AvgIpc) is 3.59. The zero-order valence-electron chi connectivity index (χ0n) is 18.7. The van der Waals surface area contributed by atoms with Gasteiger partial charge in [0.25, 0.3) is 11.9 Å². The van der Waals surface area contributed by atoms with Gasteiger partial charge >= 0.3 is 6.18 Å². The zero-order valence-corrected chi connectivity index (χ0v) is 18.7. The molecule has 35 heavy (non-hydrogen) atoms. The van der Waals surface area contributed by atoms with E-state index in [1.54, 1.807) is 16.7 Å². The van der Waals surface area contributed by atoms with E-state index in [1.807, 2.05) is 0 Å². The topological polar surface area (TPSA) is 92.9 Å². The predicted octanol–water partition coefficient (Wildman–Crippen LogP) is 3.00. The molecule has 4 heterocycles. The lowest BCUT2D eigenvalue weighted by atomic mass is 10.00. The third-order valence-corrected chi connectivity index (χ3v) is 6.23. The van der Waals surface area contributed by atoms with Gasteiger partial charge in [-0.2, -0.15) is 23.0 Å². The molecule has 0 N–H and O–H groups in total. The van der Waals surface area contributed by atoms with Crippen molar-refractivity contribution in [1.29, 1.82) is 0 Å². The minimum absolute atomic E-state index is 0.0567. The monoisotopic (exact) mass is 490 g/mol. The molecule has 2 fully saturated rings. The van der Waals surface area contributed by atoms with E-state index >= 15 is 4.39 Å². The molecular weight excluding hydrogens is 468 g/mol. The summed E-state index contributed by atoms with van der Waals surface area (Å²) in [4.78, 5) is 32.8. The second-order valence-corrected chi connectivity index (χ2v) is 8.66. The first kappa shape index (κ1) is 23.1. The first-order valence-corrected chi connectivity index (χ1v) is 11.2. The van der Waals surface area contributed by atoms with Crippen LogP contribution in [-0.4, -0.2) is 71.9 Å². The van der Waals surface area contributed by atoms with Gasteiger partial charge in [-0.1, -0.05) is 0 Å². The van der Waals surface area contributed by atoms with Crippen LogP contribution < -0.4 is 4.90 Å². The van der Waals surface area contributed by atoms with Crippen LogP contribution in [0.2, 0.25) is 0 Å². The lowest BCUT2D eigenvalue weighted by Crippen LogP contribution is -2.55. The molecule has 1 aliphatic carbocycles. The maximum absolute atomic E-state index is 15.4. The number of hydrogen-bond acceptors (Lipinski definition) is 7. The number of anilines is 1. The molecule has 9 nitrogen and oxygen atoms in total. The van der Waals surface area contributed by atoms with Gasteiger partial charge in [0.1, 0.15) is 24.1 Å². The number of aryl methyl sites for hydroxylation is 1.